The molecule has 0 atom stereocenters. The minimum Gasteiger partial charge on any atom is -0.341 e. The average Bonchev–Trinajstić information content (AvgIpc) is 2.53. The predicted molar refractivity (Wildman–Crippen MR) is 79.0 cm³/mol. The van der Waals surface area contributed by atoms with Gasteiger partial charge in [0.15, 0.2) is 0 Å². The lowest BCUT2D eigenvalue weighted by Gasteiger charge is -2.26. The van der Waals surface area contributed by atoms with Crippen molar-refractivity contribution in [3.05, 3.63) is 18.0 Å². The summed E-state index contributed by atoms with van der Waals surface area (Å²) in [5.41, 5.74) is 0.471. The second-order valence-electron chi connectivity index (χ2n) is 5.12. The number of piperidine rings is 1. The minimum absolute atomic E-state index is 0.0547. The smallest absolute Gasteiger partial charge is 0.272 e. The number of likely N-dealkylation sites (N-methyl/N-ethyl adjacent to an activating group) is 2. The first-order chi connectivity index (χ1) is 9.72. The molecule has 1 aliphatic heterocycles. The maximum atomic E-state index is 12.3. The van der Waals surface area contributed by atoms with Crippen molar-refractivity contribution in [2.45, 2.75) is 19.3 Å². The van der Waals surface area contributed by atoms with Crippen LogP contribution in [0, 0.1) is 0 Å². The first kappa shape index (κ1) is 14.7. The van der Waals surface area contributed by atoms with Crippen LogP contribution in [0.25, 0.3) is 0 Å². The molecule has 2 rings (SSSR count). The van der Waals surface area contributed by atoms with Gasteiger partial charge in [-0.2, -0.15) is 0 Å². The van der Waals surface area contributed by atoms with E-state index in [-0.39, 0.29) is 5.91 Å². The summed E-state index contributed by atoms with van der Waals surface area (Å²) in [6.07, 6.45) is 5.28. The Hall–Kier alpha value is -1.69. The summed E-state index contributed by atoms with van der Waals surface area (Å²) in [6.45, 7) is 3.39. The maximum Gasteiger partial charge on any atom is 0.272 e. The largest absolute Gasteiger partial charge is 0.341 e. The molecule has 20 heavy (non-hydrogen) atoms. The molecule has 2 heterocycles. The van der Waals surface area contributed by atoms with Crippen LogP contribution >= 0.6 is 0 Å². The monoisotopic (exact) mass is 277 g/mol. The number of rotatable bonds is 5. The van der Waals surface area contributed by atoms with Crippen molar-refractivity contribution >= 4 is 11.9 Å². The van der Waals surface area contributed by atoms with Crippen LogP contribution in [0.5, 0.6) is 0 Å². The molecule has 6 nitrogen and oxygen atoms in total. The van der Waals surface area contributed by atoms with Crippen LogP contribution in [0.1, 0.15) is 29.8 Å². The van der Waals surface area contributed by atoms with Crippen LogP contribution < -0.4 is 10.2 Å². The van der Waals surface area contributed by atoms with E-state index < -0.39 is 0 Å². The molecular formula is C14H23N5O. The predicted octanol–water partition coefficient (Wildman–Crippen LogP) is 0.758. The van der Waals surface area contributed by atoms with Gasteiger partial charge in [-0.05, 0) is 32.4 Å². The summed E-state index contributed by atoms with van der Waals surface area (Å²) in [5, 5.41) is 3.03. The molecule has 0 aromatic carbocycles. The van der Waals surface area contributed by atoms with E-state index in [2.05, 4.69) is 20.2 Å². The number of amides is 1. The van der Waals surface area contributed by atoms with Gasteiger partial charge in [0.05, 0.1) is 0 Å². The van der Waals surface area contributed by atoms with Crippen molar-refractivity contribution in [3.8, 4) is 0 Å². The number of nitrogens with one attached hydrogen (secondary N) is 1. The molecule has 0 saturated carbocycles. The quantitative estimate of drug-likeness (QED) is 0.861. The molecule has 0 radical (unpaired) electrons. The number of hydrogen-bond donors (Lipinski definition) is 1. The lowest BCUT2D eigenvalue weighted by molar-refractivity contribution is 0.0791. The fourth-order valence-corrected chi connectivity index (χ4v) is 2.29. The minimum atomic E-state index is -0.0547. The summed E-state index contributed by atoms with van der Waals surface area (Å²) < 4.78 is 0. The van der Waals surface area contributed by atoms with E-state index in [1.807, 2.05) is 7.05 Å². The van der Waals surface area contributed by atoms with E-state index in [1.54, 1.807) is 24.2 Å². The summed E-state index contributed by atoms with van der Waals surface area (Å²) in [7, 11) is 3.67. The summed E-state index contributed by atoms with van der Waals surface area (Å²) >= 11 is 0. The highest BCUT2D eigenvalue weighted by molar-refractivity contribution is 5.92. The third-order valence-electron chi connectivity index (χ3n) is 3.54. The highest BCUT2D eigenvalue weighted by Gasteiger charge is 2.17. The molecule has 0 bridgehead atoms. The number of anilines is 1. The molecule has 1 aromatic rings. The molecule has 1 aliphatic rings. The zero-order chi connectivity index (χ0) is 14.4. The Bertz CT molecular complexity index is 445. The molecule has 1 saturated heterocycles. The summed E-state index contributed by atoms with van der Waals surface area (Å²) in [5.74, 6) is 0.624. The normalized spacial score (nSPS) is 15.2. The molecule has 110 valence electrons. The van der Waals surface area contributed by atoms with Crippen LogP contribution in [0.2, 0.25) is 0 Å². The Morgan fingerprint density at radius 2 is 2.15 bits per heavy atom. The molecule has 0 aliphatic carbocycles. The fraction of sp³-hybridized carbons (Fsp3) is 0.643. The Morgan fingerprint density at radius 3 is 2.85 bits per heavy atom. The highest BCUT2D eigenvalue weighted by Crippen LogP contribution is 2.15. The highest BCUT2D eigenvalue weighted by atomic mass is 16.2. The van der Waals surface area contributed by atoms with Crippen molar-refractivity contribution in [1.29, 1.82) is 0 Å². The van der Waals surface area contributed by atoms with E-state index in [0.29, 0.717) is 18.2 Å². The number of hydrogen-bond acceptors (Lipinski definition) is 5. The van der Waals surface area contributed by atoms with Gasteiger partial charge >= 0.3 is 0 Å². The van der Waals surface area contributed by atoms with Gasteiger partial charge in [0.25, 0.3) is 5.91 Å². The lowest BCUT2D eigenvalue weighted by Crippen LogP contribution is -2.34. The van der Waals surface area contributed by atoms with Crippen molar-refractivity contribution in [1.82, 2.24) is 20.2 Å². The number of aromatic nitrogens is 2. The molecule has 1 fully saturated rings. The van der Waals surface area contributed by atoms with E-state index in [1.165, 1.54) is 19.3 Å². The van der Waals surface area contributed by atoms with Gasteiger partial charge in [-0.3, -0.25) is 4.79 Å². The van der Waals surface area contributed by atoms with E-state index in [9.17, 15) is 4.79 Å². The Labute approximate surface area is 120 Å². The Kier molecular flexibility index (Phi) is 5.29. The standard InChI is InChI=1S/C14H23N5O/c1-15-8-11-18(2)13(20)12-6-7-16-14(17-12)19-9-4-3-5-10-19/h6-7,15H,3-5,8-11H2,1-2H3. The molecule has 0 unspecified atom stereocenters. The molecule has 6 heteroatoms. The van der Waals surface area contributed by atoms with Crippen LogP contribution in [-0.2, 0) is 0 Å². The molecule has 1 N–H and O–H groups in total. The zero-order valence-electron chi connectivity index (χ0n) is 12.3. The van der Waals surface area contributed by atoms with Crippen molar-refractivity contribution in [3.63, 3.8) is 0 Å². The second kappa shape index (κ2) is 7.19. The maximum absolute atomic E-state index is 12.3. The van der Waals surface area contributed by atoms with Gasteiger partial charge in [-0.1, -0.05) is 0 Å². The van der Waals surface area contributed by atoms with Crippen LogP contribution in [0.4, 0.5) is 5.95 Å². The van der Waals surface area contributed by atoms with Gasteiger partial charge in [0.1, 0.15) is 5.69 Å². The van der Waals surface area contributed by atoms with Gasteiger partial charge in [-0.15, -0.1) is 0 Å². The molecule has 0 spiro atoms. The van der Waals surface area contributed by atoms with Gasteiger partial charge in [0, 0.05) is 39.4 Å². The second-order valence-corrected chi connectivity index (χ2v) is 5.12. The van der Waals surface area contributed by atoms with E-state index in [0.717, 1.165) is 19.6 Å². The molecular weight excluding hydrogens is 254 g/mol. The Balaban J connectivity index is 2.06. The number of carbonyl (C=O) groups is 1. The van der Waals surface area contributed by atoms with Crippen LogP contribution in [0.15, 0.2) is 12.3 Å². The van der Waals surface area contributed by atoms with Crippen molar-refractivity contribution < 1.29 is 4.79 Å². The lowest BCUT2D eigenvalue weighted by atomic mass is 10.1. The van der Waals surface area contributed by atoms with Gasteiger partial charge in [0.2, 0.25) is 5.95 Å². The van der Waals surface area contributed by atoms with E-state index >= 15 is 0 Å². The third kappa shape index (κ3) is 3.66. The number of carbonyl (C=O) groups excluding carboxylic acids is 1. The van der Waals surface area contributed by atoms with Gasteiger partial charge in [-0.25, -0.2) is 9.97 Å². The SMILES string of the molecule is CNCCN(C)C(=O)c1ccnc(N2CCCCC2)n1. The van der Waals surface area contributed by atoms with Gasteiger partial charge < -0.3 is 15.1 Å². The summed E-state index contributed by atoms with van der Waals surface area (Å²) in [4.78, 5) is 24.8. The first-order valence-corrected chi connectivity index (χ1v) is 7.20. The van der Waals surface area contributed by atoms with E-state index in [4.69, 9.17) is 0 Å². The van der Waals surface area contributed by atoms with Crippen molar-refractivity contribution in [2.24, 2.45) is 0 Å². The molecule has 1 aromatic heterocycles. The van der Waals surface area contributed by atoms with Crippen molar-refractivity contribution in [2.75, 3.05) is 45.2 Å². The average molecular weight is 277 g/mol. The first-order valence-electron chi connectivity index (χ1n) is 7.20. The van der Waals surface area contributed by atoms with Crippen LogP contribution in [-0.4, -0.2) is 61.0 Å². The zero-order valence-corrected chi connectivity index (χ0v) is 12.3. The number of nitrogens with zero attached hydrogens (tertiary/aromatic N) is 4. The Morgan fingerprint density at radius 1 is 1.40 bits per heavy atom. The fourth-order valence-electron chi connectivity index (χ4n) is 2.29. The van der Waals surface area contributed by atoms with Crippen LogP contribution in [0.3, 0.4) is 0 Å². The molecule has 1 amide bonds. The topological polar surface area (TPSA) is 61.4 Å². The third-order valence-corrected chi connectivity index (χ3v) is 3.54. The summed E-state index contributed by atoms with van der Waals surface area (Å²) in [6, 6.07) is 1.69.